The molecule has 236 valence electrons. The molecule has 0 radical (unpaired) electrons. The van der Waals surface area contributed by atoms with Crippen LogP contribution in [-0.2, 0) is 29.8 Å². The van der Waals surface area contributed by atoms with E-state index in [0.717, 1.165) is 84.1 Å². The summed E-state index contributed by atoms with van der Waals surface area (Å²) in [5, 5.41) is 4.31. The highest BCUT2D eigenvalue weighted by Gasteiger charge is 2.50. The minimum Gasteiger partial charge on any atom is -0.461 e. The van der Waals surface area contributed by atoms with E-state index in [0.29, 0.717) is 69.0 Å². The quantitative estimate of drug-likeness (QED) is 0.461. The first kappa shape index (κ1) is 30.2. The molecular formula is C32H40Cl2FN7O2. The number of aromatic nitrogens is 2. The zero-order chi connectivity index (χ0) is 30.5. The standard InChI is InChI=1S/C32H40Cl2FN7O2/c1-37-15-25(36)28(34)27-17-41(11-4-10-38-27)29-22-18-44-32(9-7-21-23(32)5-2-6-24(21)33)14-26(22)39-30(40-29)43-19-31-8-3-12-42(31)16-20(35)13-31/h2,5-6,20,37H,3-4,7-19,36H2,1H3/t20?,31-,32-/m0/s1. The van der Waals surface area contributed by atoms with Gasteiger partial charge in [-0.15, -0.1) is 0 Å². The molecule has 2 saturated heterocycles. The zero-order valence-corrected chi connectivity index (χ0v) is 26.7. The van der Waals surface area contributed by atoms with Crippen molar-refractivity contribution >= 4 is 34.7 Å². The van der Waals surface area contributed by atoms with Crippen molar-refractivity contribution in [2.75, 3.05) is 57.8 Å². The van der Waals surface area contributed by atoms with E-state index >= 15 is 0 Å². The molecular weight excluding hydrogens is 604 g/mol. The van der Waals surface area contributed by atoms with Crippen LogP contribution in [0.2, 0.25) is 5.02 Å². The molecule has 0 saturated carbocycles. The van der Waals surface area contributed by atoms with Crippen LogP contribution >= 0.6 is 23.2 Å². The van der Waals surface area contributed by atoms with Crippen LogP contribution < -0.4 is 20.7 Å². The molecule has 3 atom stereocenters. The second kappa shape index (κ2) is 12.0. The molecule has 4 aliphatic heterocycles. The number of anilines is 1. The lowest BCUT2D eigenvalue weighted by Crippen LogP contribution is -2.43. The molecule has 7 rings (SSSR count). The maximum Gasteiger partial charge on any atom is 0.318 e. The van der Waals surface area contributed by atoms with Gasteiger partial charge in [-0.1, -0.05) is 35.3 Å². The van der Waals surface area contributed by atoms with Gasteiger partial charge in [0.1, 0.15) is 18.6 Å². The van der Waals surface area contributed by atoms with Crippen molar-refractivity contribution in [1.29, 1.82) is 0 Å². The van der Waals surface area contributed by atoms with Crippen molar-refractivity contribution in [2.24, 2.45) is 10.7 Å². The van der Waals surface area contributed by atoms with E-state index in [9.17, 15) is 4.39 Å². The van der Waals surface area contributed by atoms with Crippen LogP contribution in [0.5, 0.6) is 6.01 Å². The Kier molecular flexibility index (Phi) is 8.24. The number of halogens is 3. The number of nitrogens with zero attached hydrogens (tertiary/aromatic N) is 5. The van der Waals surface area contributed by atoms with Gasteiger partial charge in [-0.3, -0.25) is 9.89 Å². The highest BCUT2D eigenvalue weighted by Crippen LogP contribution is 2.49. The Morgan fingerprint density at radius 3 is 2.98 bits per heavy atom. The topological polar surface area (TPSA) is 101 Å². The molecule has 2 fully saturated rings. The first-order valence-electron chi connectivity index (χ1n) is 15.7. The molecule has 2 aromatic rings. The Morgan fingerprint density at radius 1 is 1.23 bits per heavy atom. The van der Waals surface area contributed by atoms with Crippen molar-refractivity contribution < 1.29 is 13.9 Å². The Morgan fingerprint density at radius 2 is 2.11 bits per heavy atom. The van der Waals surface area contributed by atoms with Crippen molar-refractivity contribution in [2.45, 2.75) is 68.9 Å². The summed E-state index contributed by atoms with van der Waals surface area (Å²) >= 11 is 13.3. The van der Waals surface area contributed by atoms with Crippen molar-refractivity contribution in [3.8, 4) is 6.01 Å². The largest absolute Gasteiger partial charge is 0.461 e. The SMILES string of the molecule is CNCC(N)=C(Cl)C1=NCCCN(c2nc(OC[C@@]34CCCN3CC(F)C4)nc3c2CO[C@@]2(CCc4c(Cl)cccc42)C3)C1. The third-order valence-electron chi connectivity index (χ3n) is 10.0. The van der Waals surface area contributed by atoms with Gasteiger partial charge >= 0.3 is 6.01 Å². The van der Waals surface area contributed by atoms with Crippen LogP contribution in [0.1, 0.15) is 54.5 Å². The number of rotatable bonds is 7. The van der Waals surface area contributed by atoms with Gasteiger partial charge < -0.3 is 25.4 Å². The fourth-order valence-corrected chi connectivity index (χ4v) is 8.34. The highest BCUT2D eigenvalue weighted by molar-refractivity contribution is 6.44. The summed E-state index contributed by atoms with van der Waals surface area (Å²) in [5.41, 5.74) is 10.9. The first-order chi connectivity index (χ1) is 21.3. The maximum atomic E-state index is 14.5. The Labute approximate surface area is 268 Å². The molecule has 5 aliphatic rings. The van der Waals surface area contributed by atoms with Crippen molar-refractivity contribution in [3.63, 3.8) is 0 Å². The van der Waals surface area contributed by atoms with Crippen LogP contribution in [0, 0.1) is 0 Å². The number of aliphatic imine (C=N–C) groups is 1. The number of hydrogen-bond donors (Lipinski definition) is 2. The second-order valence-electron chi connectivity index (χ2n) is 12.8. The van der Waals surface area contributed by atoms with E-state index in [1.807, 2.05) is 19.2 Å². The smallest absolute Gasteiger partial charge is 0.318 e. The summed E-state index contributed by atoms with van der Waals surface area (Å²) in [7, 11) is 1.83. The lowest BCUT2D eigenvalue weighted by molar-refractivity contribution is -0.0730. The lowest BCUT2D eigenvalue weighted by Gasteiger charge is -2.37. The summed E-state index contributed by atoms with van der Waals surface area (Å²) < 4.78 is 27.7. The minimum atomic E-state index is -0.826. The molecule has 5 heterocycles. The summed E-state index contributed by atoms with van der Waals surface area (Å²) in [4.78, 5) is 19.3. The van der Waals surface area contributed by atoms with Gasteiger partial charge in [0.05, 0.1) is 40.7 Å². The third-order valence-corrected chi connectivity index (χ3v) is 10.9. The number of ether oxygens (including phenoxy) is 2. The van der Waals surface area contributed by atoms with Gasteiger partial charge in [-0.2, -0.15) is 9.97 Å². The van der Waals surface area contributed by atoms with Crippen LogP contribution in [0.15, 0.2) is 33.9 Å². The highest BCUT2D eigenvalue weighted by atomic mass is 35.5. The predicted molar refractivity (Wildman–Crippen MR) is 171 cm³/mol. The number of nitrogens with two attached hydrogens (primary N) is 1. The lowest BCUT2D eigenvalue weighted by atomic mass is 9.87. The molecule has 1 unspecified atom stereocenters. The third kappa shape index (κ3) is 5.36. The van der Waals surface area contributed by atoms with Gasteiger partial charge in [-0.25, -0.2) is 4.39 Å². The summed E-state index contributed by atoms with van der Waals surface area (Å²) in [6, 6.07) is 6.39. The van der Waals surface area contributed by atoms with Crippen LogP contribution in [0.3, 0.4) is 0 Å². The Balaban J connectivity index is 1.24. The number of likely N-dealkylation sites (N-methyl/N-ethyl adjacent to an activating group) is 1. The van der Waals surface area contributed by atoms with Crippen LogP contribution in [-0.4, -0.2) is 85.2 Å². The molecule has 12 heteroatoms. The minimum absolute atomic E-state index is 0.296. The second-order valence-corrected chi connectivity index (χ2v) is 13.6. The monoisotopic (exact) mass is 643 g/mol. The predicted octanol–water partition coefficient (Wildman–Crippen LogP) is 4.28. The normalized spacial score (nSPS) is 28.8. The number of nitrogens with one attached hydrogen (secondary N) is 1. The zero-order valence-electron chi connectivity index (χ0n) is 25.2. The van der Waals surface area contributed by atoms with Gasteiger partial charge in [0.2, 0.25) is 0 Å². The van der Waals surface area contributed by atoms with Crippen molar-refractivity contribution in [3.05, 3.63) is 56.3 Å². The van der Waals surface area contributed by atoms with Gasteiger partial charge in [0.15, 0.2) is 0 Å². The molecule has 1 aliphatic carbocycles. The summed E-state index contributed by atoms with van der Waals surface area (Å²) in [5.74, 6) is 0.769. The van der Waals surface area contributed by atoms with E-state index < -0.39 is 11.8 Å². The van der Waals surface area contributed by atoms with E-state index in [1.165, 1.54) is 0 Å². The summed E-state index contributed by atoms with van der Waals surface area (Å²) in [6.45, 7) is 4.42. The molecule has 1 spiro atoms. The molecule has 9 nitrogen and oxygen atoms in total. The van der Waals surface area contributed by atoms with E-state index in [1.54, 1.807) is 0 Å². The van der Waals surface area contributed by atoms with Gasteiger partial charge in [-0.05, 0) is 62.9 Å². The van der Waals surface area contributed by atoms with Crippen LogP contribution in [0.25, 0.3) is 0 Å². The average molecular weight is 645 g/mol. The Hall–Kier alpha value is -2.50. The number of alkyl halides is 1. The van der Waals surface area contributed by atoms with E-state index in [2.05, 4.69) is 21.2 Å². The number of fused-ring (bicyclic) bond motifs is 4. The summed E-state index contributed by atoms with van der Waals surface area (Å²) in [6.07, 6.45) is 4.76. The first-order valence-corrected chi connectivity index (χ1v) is 16.5. The number of hydrogen-bond acceptors (Lipinski definition) is 9. The van der Waals surface area contributed by atoms with Gasteiger partial charge in [0.25, 0.3) is 0 Å². The van der Waals surface area contributed by atoms with Crippen LogP contribution in [0.4, 0.5) is 10.2 Å². The molecule has 0 bridgehead atoms. The average Bonchev–Trinajstić information content (AvgIpc) is 3.58. The fraction of sp³-hybridized carbons (Fsp3) is 0.594. The molecule has 44 heavy (non-hydrogen) atoms. The molecule has 1 aromatic carbocycles. The van der Waals surface area contributed by atoms with Crippen molar-refractivity contribution in [1.82, 2.24) is 20.2 Å². The number of benzene rings is 1. The maximum absolute atomic E-state index is 14.5. The molecule has 0 amide bonds. The Bertz CT molecular complexity index is 1510. The van der Waals surface area contributed by atoms with Gasteiger partial charge in [0, 0.05) is 55.3 Å². The molecule has 3 N–H and O–H groups in total. The van der Waals surface area contributed by atoms with E-state index in [4.69, 9.17) is 53.4 Å². The van der Waals surface area contributed by atoms with E-state index in [-0.39, 0.29) is 5.54 Å². The molecule has 1 aromatic heterocycles. The fourth-order valence-electron chi connectivity index (χ4n) is 7.89.